The van der Waals surface area contributed by atoms with E-state index in [9.17, 15) is 26.4 Å². The van der Waals surface area contributed by atoms with Crippen LogP contribution in [-0.2, 0) is 27.9 Å². The van der Waals surface area contributed by atoms with Crippen LogP contribution in [-0.4, -0.2) is 62.7 Å². The number of carbonyl (C=O) groups excluding carboxylic acids is 1. The Kier molecular flexibility index (Phi) is 8.55. The lowest BCUT2D eigenvalue weighted by Gasteiger charge is -2.32. The highest BCUT2D eigenvalue weighted by Crippen LogP contribution is 2.27. The molecule has 0 bridgehead atoms. The maximum atomic E-state index is 12.4. The van der Waals surface area contributed by atoms with Crippen molar-refractivity contribution < 1.29 is 36.3 Å². The number of sulfonamides is 1. The molecule has 0 fully saturated rings. The lowest BCUT2D eigenvalue weighted by molar-refractivity contribution is -0.192. The average Bonchev–Trinajstić information content (AvgIpc) is 3.18. The number of pyridine rings is 1. The van der Waals surface area contributed by atoms with E-state index in [4.69, 9.17) is 9.90 Å². The Hall–Kier alpha value is -3.00. The number of fused-ring (bicyclic) bond motifs is 1. The number of nitrogens with zero attached hydrogens (tertiary/aromatic N) is 4. The van der Waals surface area contributed by atoms with E-state index in [1.54, 1.807) is 19.3 Å². The van der Waals surface area contributed by atoms with Gasteiger partial charge in [-0.3, -0.25) is 9.78 Å². The van der Waals surface area contributed by atoms with Crippen LogP contribution >= 0.6 is 0 Å². The average molecular weight is 491 g/mol. The maximum absolute atomic E-state index is 12.4. The lowest BCUT2D eigenvalue weighted by Crippen LogP contribution is -2.42. The molecule has 33 heavy (non-hydrogen) atoms. The van der Waals surface area contributed by atoms with E-state index in [0.29, 0.717) is 31.9 Å². The highest BCUT2D eigenvalue weighted by atomic mass is 32.2. The van der Waals surface area contributed by atoms with E-state index in [2.05, 4.69) is 15.3 Å². The lowest BCUT2D eigenvalue weighted by atomic mass is 10.2. The zero-order valence-electron chi connectivity index (χ0n) is 17.9. The fraction of sp³-hybridized carbons (Fsp3) is 0.474. The summed E-state index contributed by atoms with van der Waals surface area (Å²) in [5.41, 5.74) is 1.05. The van der Waals surface area contributed by atoms with Gasteiger partial charge in [0, 0.05) is 25.5 Å². The van der Waals surface area contributed by atoms with Crippen molar-refractivity contribution in [1.82, 2.24) is 24.2 Å². The number of carbonyl (C=O) groups is 2. The van der Waals surface area contributed by atoms with E-state index in [1.165, 1.54) is 4.31 Å². The highest BCUT2D eigenvalue weighted by molar-refractivity contribution is 7.89. The fourth-order valence-electron chi connectivity index (χ4n) is 3.10. The van der Waals surface area contributed by atoms with Crippen molar-refractivity contribution >= 4 is 21.9 Å². The van der Waals surface area contributed by atoms with Crippen LogP contribution in [0.3, 0.4) is 0 Å². The van der Waals surface area contributed by atoms with Gasteiger partial charge >= 0.3 is 12.1 Å². The molecular weight excluding hydrogens is 467 g/mol. The maximum Gasteiger partial charge on any atom is 0.490 e. The molecule has 3 heterocycles. The Bertz CT molecular complexity index is 1070. The van der Waals surface area contributed by atoms with Gasteiger partial charge in [0.15, 0.2) is 0 Å². The summed E-state index contributed by atoms with van der Waals surface area (Å²) in [6, 6.07) is 5.11. The van der Waals surface area contributed by atoms with Crippen LogP contribution in [0.25, 0.3) is 0 Å². The number of carboxylic acid groups (broad SMARTS) is 1. The van der Waals surface area contributed by atoms with Gasteiger partial charge in [-0.05, 0) is 25.5 Å². The van der Waals surface area contributed by atoms with E-state index in [-0.39, 0.29) is 17.4 Å². The van der Waals surface area contributed by atoms with Gasteiger partial charge in [-0.15, -0.1) is 0 Å². The first kappa shape index (κ1) is 26.3. The molecular formula is C19H24F3N5O5S. The number of carboxylic acids is 1. The molecule has 1 aliphatic heterocycles. The Morgan fingerprint density at radius 2 is 1.94 bits per heavy atom. The number of amides is 1. The van der Waals surface area contributed by atoms with Gasteiger partial charge < -0.3 is 15.0 Å². The van der Waals surface area contributed by atoms with E-state index >= 15 is 0 Å². The smallest absolute Gasteiger partial charge is 0.475 e. The second-order valence-corrected chi connectivity index (χ2v) is 9.13. The third-order valence-corrected chi connectivity index (χ3v) is 6.76. The summed E-state index contributed by atoms with van der Waals surface area (Å²) in [7, 11) is -3.31. The Morgan fingerprint density at radius 3 is 2.48 bits per heavy atom. The molecule has 182 valence electrons. The van der Waals surface area contributed by atoms with Crippen molar-refractivity contribution in [3.8, 4) is 0 Å². The topological polar surface area (TPSA) is 134 Å². The number of aliphatic carboxylic acids is 1. The van der Waals surface area contributed by atoms with Gasteiger partial charge in [-0.2, -0.15) is 17.5 Å². The molecule has 1 aliphatic rings. The minimum atomic E-state index is -5.08. The van der Waals surface area contributed by atoms with E-state index < -0.39 is 28.2 Å². The third kappa shape index (κ3) is 6.99. The van der Waals surface area contributed by atoms with Crippen LogP contribution in [0.5, 0.6) is 0 Å². The fourth-order valence-corrected chi connectivity index (χ4v) is 4.79. The summed E-state index contributed by atoms with van der Waals surface area (Å²) in [6.07, 6.45) is -1.16. The summed E-state index contributed by atoms with van der Waals surface area (Å²) < 4.78 is 59.9. The van der Waals surface area contributed by atoms with Crippen LogP contribution in [0.15, 0.2) is 30.6 Å². The van der Waals surface area contributed by atoms with Gasteiger partial charge in [0.2, 0.25) is 10.0 Å². The van der Waals surface area contributed by atoms with Gasteiger partial charge in [0.05, 0.1) is 24.0 Å². The molecule has 0 spiro atoms. The van der Waals surface area contributed by atoms with Gasteiger partial charge in [-0.25, -0.2) is 18.2 Å². The molecule has 1 unspecified atom stereocenters. The Morgan fingerprint density at radius 1 is 1.27 bits per heavy atom. The number of aromatic nitrogens is 3. The normalized spacial score (nSPS) is 16.3. The van der Waals surface area contributed by atoms with Crippen molar-refractivity contribution in [3.05, 3.63) is 47.8 Å². The highest BCUT2D eigenvalue weighted by Gasteiger charge is 2.38. The van der Waals surface area contributed by atoms with Crippen LogP contribution in [0.1, 0.15) is 48.3 Å². The number of hydrogen-bond acceptors (Lipinski definition) is 6. The van der Waals surface area contributed by atoms with Crippen LogP contribution in [0.4, 0.5) is 13.2 Å². The largest absolute Gasteiger partial charge is 0.490 e. The molecule has 0 saturated carbocycles. The van der Waals surface area contributed by atoms with Gasteiger partial charge in [0.25, 0.3) is 5.91 Å². The minimum absolute atomic E-state index is 0.121. The van der Waals surface area contributed by atoms with E-state index in [1.807, 2.05) is 29.7 Å². The quantitative estimate of drug-likeness (QED) is 0.631. The van der Waals surface area contributed by atoms with Crippen LogP contribution in [0.2, 0.25) is 0 Å². The van der Waals surface area contributed by atoms with Crippen molar-refractivity contribution in [2.45, 2.75) is 45.6 Å². The molecule has 10 nitrogen and oxygen atoms in total. The van der Waals surface area contributed by atoms with Crippen molar-refractivity contribution in [1.29, 1.82) is 0 Å². The van der Waals surface area contributed by atoms with Crippen molar-refractivity contribution in [2.24, 2.45) is 0 Å². The molecule has 2 aromatic rings. The molecule has 1 amide bonds. The number of alkyl halides is 3. The number of rotatable bonds is 6. The zero-order chi connectivity index (χ0) is 24.8. The molecule has 3 rings (SSSR count). The Labute approximate surface area is 188 Å². The first-order chi connectivity index (χ1) is 15.4. The molecule has 1 atom stereocenters. The molecule has 0 aliphatic carbocycles. The molecule has 14 heteroatoms. The summed E-state index contributed by atoms with van der Waals surface area (Å²) in [6.45, 7) is 4.84. The van der Waals surface area contributed by atoms with Gasteiger partial charge in [0.1, 0.15) is 11.5 Å². The zero-order valence-corrected chi connectivity index (χ0v) is 18.7. The summed E-state index contributed by atoms with van der Waals surface area (Å²) in [5, 5.41) is 9.92. The summed E-state index contributed by atoms with van der Waals surface area (Å²) >= 11 is 0. The van der Waals surface area contributed by atoms with Gasteiger partial charge in [-0.1, -0.05) is 13.0 Å². The van der Waals surface area contributed by atoms with E-state index in [0.717, 1.165) is 5.69 Å². The molecule has 2 aromatic heterocycles. The minimum Gasteiger partial charge on any atom is -0.475 e. The van der Waals surface area contributed by atoms with Crippen molar-refractivity contribution in [2.75, 3.05) is 12.3 Å². The third-order valence-electron chi connectivity index (χ3n) is 4.63. The predicted octanol–water partition coefficient (Wildman–Crippen LogP) is 1.96. The number of halogens is 3. The first-order valence-electron chi connectivity index (χ1n) is 9.91. The first-order valence-corrected chi connectivity index (χ1v) is 11.5. The summed E-state index contributed by atoms with van der Waals surface area (Å²) in [4.78, 5) is 29.8. The molecule has 2 N–H and O–H groups in total. The monoisotopic (exact) mass is 491 g/mol. The van der Waals surface area contributed by atoms with Crippen LogP contribution in [0, 0.1) is 0 Å². The second-order valence-electron chi connectivity index (χ2n) is 7.09. The van der Waals surface area contributed by atoms with Crippen molar-refractivity contribution in [3.63, 3.8) is 0 Å². The molecule has 0 saturated heterocycles. The summed E-state index contributed by atoms with van der Waals surface area (Å²) in [5.74, 6) is -2.34. The predicted molar refractivity (Wildman–Crippen MR) is 111 cm³/mol. The number of nitrogens with one attached hydrogen (secondary N) is 1. The number of imidazole rings is 1. The molecule has 0 aromatic carbocycles. The molecule has 0 radical (unpaired) electrons. The SMILES string of the molecule is CCCS(=O)(=O)N1CCn2cc(C(=O)NCc3ccccn3)nc2C1C.O=C(O)C(F)(F)F. The Balaban J connectivity index is 0.000000479. The standard InChI is InChI=1S/C17H23N5O3S.C2HF3O2/c1-3-10-26(24,25)22-9-8-21-12-15(20-16(21)13(22)2)17(23)19-11-14-6-4-5-7-18-14;3-2(4,5)1(6)7/h4-7,12-13H,3,8-11H2,1-2H3,(H,19,23);(H,6,7). The number of hydrogen-bond donors (Lipinski definition) is 2. The van der Waals surface area contributed by atoms with Crippen LogP contribution < -0.4 is 5.32 Å². The second kappa shape index (κ2) is 10.7.